The van der Waals surface area contributed by atoms with Crippen LogP contribution in [0.25, 0.3) is 27.2 Å². The predicted molar refractivity (Wildman–Crippen MR) is 153 cm³/mol. The number of non-ortho nitro benzene ring substituents is 1. The number of thiophene rings is 1. The maximum Gasteiger partial charge on any atom is 0.270 e. The number of carbonyl (C=O) groups is 1. The number of aromatic nitrogens is 2. The fourth-order valence-corrected chi connectivity index (χ4v) is 7.19. The van der Waals surface area contributed by atoms with Crippen molar-refractivity contribution < 1.29 is 14.1 Å². The van der Waals surface area contributed by atoms with E-state index in [-0.39, 0.29) is 33.6 Å². The number of carbonyl (C=O) groups excluding carboxylic acids is 1. The lowest BCUT2D eigenvalue weighted by molar-refractivity contribution is -0.384. The molecule has 0 radical (unpaired) electrons. The van der Waals surface area contributed by atoms with Crippen molar-refractivity contribution in [1.29, 1.82) is 0 Å². The van der Waals surface area contributed by atoms with Crippen molar-refractivity contribution in [2.45, 2.75) is 30.8 Å². The van der Waals surface area contributed by atoms with Gasteiger partial charge in [-0.05, 0) is 61.6 Å². The second kappa shape index (κ2) is 10.4. The SMILES string of the molecule is O=C(CSc1nc2sc3c(c2c(=O)n1-c1ccccc1)CCCC3)c1ccc(-c2ccc([N+](=O)[O-])cc2Cl)o1. The molecule has 0 fully saturated rings. The number of nitro benzene ring substituents is 1. The topological polar surface area (TPSA) is 108 Å². The highest BCUT2D eigenvalue weighted by Gasteiger charge is 2.24. The molecule has 8 nitrogen and oxygen atoms in total. The summed E-state index contributed by atoms with van der Waals surface area (Å²) in [6.45, 7) is 0. The van der Waals surface area contributed by atoms with Crippen molar-refractivity contribution in [3.8, 4) is 17.0 Å². The van der Waals surface area contributed by atoms with Gasteiger partial charge in [-0.2, -0.15) is 0 Å². The highest BCUT2D eigenvalue weighted by Crippen LogP contribution is 2.36. The van der Waals surface area contributed by atoms with Crippen molar-refractivity contribution in [1.82, 2.24) is 9.55 Å². The normalized spacial score (nSPS) is 12.9. The maximum atomic E-state index is 13.8. The van der Waals surface area contributed by atoms with E-state index in [0.717, 1.165) is 31.2 Å². The maximum absolute atomic E-state index is 13.8. The van der Waals surface area contributed by atoms with Crippen LogP contribution in [0.4, 0.5) is 5.69 Å². The second-order valence-corrected chi connectivity index (χ2v) is 11.5. The lowest BCUT2D eigenvalue weighted by Crippen LogP contribution is -2.22. The Hall–Kier alpha value is -3.73. The second-order valence-electron chi connectivity index (χ2n) is 9.06. The number of nitrogens with zero attached hydrogens (tertiary/aromatic N) is 3. The molecule has 1 aliphatic carbocycles. The Morgan fingerprint density at radius 1 is 1.13 bits per heavy atom. The number of halogens is 1. The highest BCUT2D eigenvalue weighted by atomic mass is 35.5. The average Bonchev–Trinajstić information content (AvgIpc) is 3.57. The van der Waals surface area contributed by atoms with Gasteiger partial charge < -0.3 is 4.42 Å². The first kappa shape index (κ1) is 25.5. The van der Waals surface area contributed by atoms with Crippen molar-refractivity contribution >= 4 is 56.4 Å². The van der Waals surface area contributed by atoms with Crippen LogP contribution in [0.15, 0.2) is 75.0 Å². The highest BCUT2D eigenvalue weighted by molar-refractivity contribution is 7.99. The van der Waals surface area contributed by atoms with E-state index in [4.69, 9.17) is 21.0 Å². The molecule has 39 heavy (non-hydrogen) atoms. The van der Waals surface area contributed by atoms with Gasteiger partial charge in [-0.3, -0.25) is 24.3 Å². The summed E-state index contributed by atoms with van der Waals surface area (Å²) in [5, 5.41) is 12.3. The number of hydrogen-bond donors (Lipinski definition) is 0. The number of aryl methyl sites for hydroxylation is 2. The van der Waals surface area contributed by atoms with Gasteiger partial charge in [0.25, 0.3) is 11.2 Å². The van der Waals surface area contributed by atoms with Crippen molar-refractivity contribution in [2.75, 3.05) is 5.75 Å². The first-order valence-electron chi connectivity index (χ1n) is 12.2. The van der Waals surface area contributed by atoms with Crippen molar-refractivity contribution in [2.24, 2.45) is 0 Å². The molecule has 0 aliphatic heterocycles. The number of Topliss-reactive ketones (excluding diaryl/α,β-unsaturated/α-hetero) is 1. The van der Waals surface area contributed by atoms with Gasteiger partial charge in [-0.1, -0.05) is 41.6 Å². The Balaban J connectivity index is 1.31. The molecule has 0 saturated carbocycles. The smallest absolute Gasteiger partial charge is 0.270 e. The molecule has 0 unspecified atom stereocenters. The van der Waals surface area contributed by atoms with Gasteiger partial charge >= 0.3 is 0 Å². The van der Waals surface area contributed by atoms with E-state index in [1.54, 1.807) is 28.0 Å². The Morgan fingerprint density at radius 3 is 2.69 bits per heavy atom. The summed E-state index contributed by atoms with van der Waals surface area (Å²) in [4.78, 5) is 44.2. The predicted octanol–water partition coefficient (Wildman–Crippen LogP) is 7.12. The first-order chi connectivity index (χ1) is 18.9. The molecule has 2 aromatic carbocycles. The molecule has 0 amide bonds. The number of benzene rings is 2. The van der Waals surface area contributed by atoms with Crippen LogP contribution in [0.5, 0.6) is 0 Å². The quantitative estimate of drug-likeness (QED) is 0.0666. The lowest BCUT2D eigenvalue weighted by Gasteiger charge is -2.13. The zero-order valence-electron chi connectivity index (χ0n) is 20.4. The van der Waals surface area contributed by atoms with Gasteiger partial charge in [-0.25, -0.2) is 4.98 Å². The lowest BCUT2D eigenvalue weighted by atomic mass is 9.97. The van der Waals surface area contributed by atoms with E-state index >= 15 is 0 Å². The van der Waals surface area contributed by atoms with Gasteiger partial charge in [0.05, 0.1) is 26.8 Å². The van der Waals surface area contributed by atoms with Crippen molar-refractivity contribution in [3.05, 3.63) is 102 Å². The van der Waals surface area contributed by atoms with E-state index < -0.39 is 4.92 Å². The van der Waals surface area contributed by atoms with Gasteiger partial charge in [-0.15, -0.1) is 11.3 Å². The molecular weight excluding hydrogens is 558 g/mol. The van der Waals surface area contributed by atoms with Crippen molar-refractivity contribution in [3.63, 3.8) is 0 Å². The Labute approximate surface area is 235 Å². The monoisotopic (exact) mass is 577 g/mol. The fraction of sp³-hybridized carbons (Fsp3) is 0.179. The number of rotatable bonds is 7. The van der Waals surface area contributed by atoms with Crippen LogP contribution in [-0.4, -0.2) is 26.0 Å². The third-order valence-corrected chi connectivity index (χ3v) is 9.05. The molecule has 11 heteroatoms. The number of hydrogen-bond acceptors (Lipinski definition) is 8. The number of ketones is 1. The minimum Gasteiger partial charge on any atom is -0.453 e. The summed E-state index contributed by atoms with van der Waals surface area (Å²) in [6, 6.07) is 16.5. The minimum atomic E-state index is -0.532. The van der Waals surface area contributed by atoms with Crippen LogP contribution in [0.3, 0.4) is 0 Å². The molecule has 5 aromatic rings. The van der Waals surface area contributed by atoms with Crippen LogP contribution in [0.2, 0.25) is 5.02 Å². The molecular formula is C28H20ClN3O5S2. The van der Waals surface area contributed by atoms with Crippen LogP contribution in [0, 0.1) is 10.1 Å². The standard InChI is InChI=1S/C28H20ClN3O5S2/c29-20-14-17(32(35)36)10-11-18(20)22-12-13-23(37-22)21(33)15-38-28-30-26-25(19-8-4-5-9-24(19)39-26)27(34)31(28)16-6-2-1-3-7-16/h1-3,6-7,10-14H,4-5,8-9,15H2. The molecule has 3 heterocycles. The fourth-order valence-electron chi connectivity index (χ4n) is 4.74. The number of thioether (sulfide) groups is 1. The van der Waals surface area contributed by atoms with Gasteiger partial charge in [0, 0.05) is 22.6 Å². The first-order valence-corrected chi connectivity index (χ1v) is 14.4. The zero-order chi connectivity index (χ0) is 27.1. The van der Waals surface area contributed by atoms with E-state index in [1.807, 2.05) is 30.3 Å². The van der Waals surface area contributed by atoms with E-state index in [0.29, 0.717) is 32.4 Å². The largest absolute Gasteiger partial charge is 0.453 e. The molecule has 0 spiro atoms. The Kier molecular flexibility index (Phi) is 6.84. The third-order valence-electron chi connectivity index (χ3n) is 6.61. The zero-order valence-corrected chi connectivity index (χ0v) is 22.8. The number of nitro groups is 1. The summed E-state index contributed by atoms with van der Waals surface area (Å²) in [5.41, 5.74) is 2.00. The molecule has 6 rings (SSSR count). The average molecular weight is 578 g/mol. The number of furan rings is 1. The van der Waals surface area contributed by atoms with Gasteiger partial charge in [0.1, 0.15) is 10.6 Å². The third kappa shape index (κ3) is 4.80. The number of para-hydroxylation sites is 1. The van der Waals surface area contributed by atoms with Crippen LogP contribution in [-0.2, 0) is 12.8 Å². The van der Waals surface area contributed by atoms with E-state index in [9.17, 15) is 19.7 Å². The van der Waals surface area contributed by atoms with E-state index in [1.165, 1.54) is 34.8 Å². The molecule has 0 atom stereocenters. The molecule has 1 aliphatic rings. The molecule has 3 aromatic heterocycles. The summed E-state index contributed by atoms with van der Waals surface area (Å²) in [6.07, 6.45) is 4.01. The van der Waals surface area contributed by atoms with Crippen LogP contribution >= 0.6 is 34.7 Å². The van der Waals surface area contributed by atoms with Gasteiger partial charge in [0.15, 0.2) is 10.9 Å². The Morgan fingerprint density at radius 2 is 1.92 bits per heavy atom. The summed E-state index contributed by atoms with van der Waals surface area (Å²) >= 11 is 8.97. The summed E-state index contributed by atoms with van der Waals surface area (Å²) in [5.74, 6) is 0.154. The molecule has 0 N–H and O–H groups in total. The van der Waals surface area contributed by atoms with E-state index in [2.05, 4.69) is 0 Å². The summed E-state index contributed by atoms with van der Waals surface area (Å²) < 4.78 is 7.35. The minimum absolute atomic E-state index is 0.00316. The Bertz CT molecular complexity index is 1810. The van der Waals surface area contributed by atoms with Crippen LogP contribution < -0.4 is 5.56 Å². The number of fused-ring (bicyclic) bond motifs is 3. The summed E-state index contributed by atoms with van der Waals surface area (Å²) in [7, 11) is 0. The van der Waals surface area contributed by atoms with Crippen LogP contribution in [0.1, 0.15) is 33.8 Å². The van der Waals surface area contributed by atoms with Gasteiger partial charge in [0.2, 0.25) is 5.78 Å². The molecule has 0 bridgehead atoms. The molecule has 0 saturated heterocycles. The molecule has 196 valence electrons.